The van der Waals surface area contributed by atoms with Crippen LogP contribution in [0.2, 0.25) is 0 Å². The molecule has 0 atom stereocenters. The Morgan fingerprint density at radius 2 is 2.06 bits per heavy atom. The van der Waals surface area contributed by atoms with Crippen LogP contribution in [0.15, 0.2) is 0 Å². The Kier molecular flexibility index (Phi) is 3.79. The number of aromatic nitrogens is 3. The first kappa shape index (κ1) is 11.8. The number of nitrogens with one attached hydrogen (secondary N) is 1. The van der Waals surface area contributed by atoms with Crippen LogP contribution in [0.1, 0.15) is 57.7 Å². The summed E-state index contributed by atoms with van der Waals surface area (Å²) in [6.45, 7) is 5.43. The zero-order valence-corrected chi connectivity index (χ0v) is 11.0. The molecule has 0 unspecified atom stereocenters. The Morgan fingerprint density at radius 1 is 1.38 bits per heavy atom. The van der Waals surface area contributed by atoms with E-state index < -0.39 is 0 Å². The first-order chi connectivity index (χ1) is 7.68. The molecule has 1 aliphatic carbocycles. The summed E-state index contributed by atoms with van der Waals surface area (Å²) in [4.78, 5) is 0. The van der Waals surface area contributed by atoms with Gasteiger partial charge in [0.15, 0.2) is 4.77 Å². The molecule has 1 aromatic rings. The van der Waals surface area contributed by atoms with Crippen molar-refractivity contribution in [1.29, 1.82) is 0 Å². The van der Waals surface area contributed by atoms with E-state index in [0.29, 0.717) is 11.8 Å². The van der Waals surface area contributed by atoms with Gasteiger partial charge in [0, 0.05) is 12.5 Å². The molecule has 1 fully saturated rings. The molecule has 16 heavy (non-hydrogen) atoms. The second kappa shape index (κ2) is 5.13. The van der Waals surface area contributed by atoms with E-state index >= 15 is 0 Å². The van der Waals surface area contributed by atoms with Crippen molar-refractivity contribution in [2.45, 2.75) is 58.4 Å². The fraction of sp³-hybridized carbons (Fsp3) is 0.833. The van der Waals surface area contributed by atoms with Crippen LogP contribution in [0.25, 0.3) is 0 Å². The van der Waals surface area contributed by atoms with Crippen LogP contribution in [0.5, 0.6) is 0 Å². The summed E-state index contributed by atoms with van der Waals surface area (Å²) in [5, 5.41) is 7.39. The van der Waals surface area contributed by atoms with Crippen LogP contribution in [-0.4, -0.2) is 14.8 Å². The lowest BCUT2D eigenvalue weighted by molar-refractivity contribution is 0.401. The normalized spacial score (nSPS) is 18.2. The highest BCUT2D eigenvalue weighted by atomic mass is 32.1. The van der Waals surface area contributed by atoms with Gasteiger partial charge in [-0.3, -0.25) is 5.10 Å². The first-order valence-electron chi connectivity index (χ1n) is 6.33. The molecule has 0 saturated heterocycles. The molecule has 0 aromatic carbocycles. The van der Waals surface area contributed by atoms with Gasteiger partial charge in [-0.1, -0.05) is 33.1 Å². The van der Waals surface area contributed by atoms with E-state index in [2.05, 4.69) is 28.6 Å². The number of hydrogen-bond donors (Lipinski definition) is 1. The highest BCUT2D eigenvalue weighted by molar-refractivity contribution is 7.71. The van der Waals surface area contributed by atoms with E-state index in [9.17, 15) is 0 Å². The lowest BCUT2D eigenvalue weighted by Gasteiger charge is -2.21. The van der Waals surface area contributed by atoms with Gasteiger partial charge in [-0.25, -0.2) is 0 Å². The van der Waals surface area contributed by atoms with Gasteiger partial charge in [0.25, 0.3) is 0 Å². The summed E-state index contributed by atoms with van der Waals surface area (Å²) < 4.78 is 2.99. The van der Waals surface area contributed by atoms with Crippen molar-refractivity contribution >= 4 is 12.2 Å². The standard InChI is InChI=1S/C12H21N3S/c1-9(2)8-15-11(13-14-12(15)16)10-6-4-3-5-7-10/h9-10H,3-8H2,1-2H3,(H,14,16). The van der Waals surface area contributed by atoms with E-state index in [1.54, 1.807) is 0 Å². The second-order valence-electron chi connectivity index (χ2n) is 5.23. The molecule has 1 saturated carbocycles. The minimum Gasteiger partial charge on any atom is -0.304 e. The molecule has 3 nitrogen and oxygen atoms in total. The molecular weight excluding hydrogens is 218 g/mol. The molecule has 0 spiro atoms. The zero-order valence-electron chi connectivity index (χ0n) is 10.2. The van der Waals surface area contributed by atoms with Crippen LogP contribution in [0.4, 0.5) is 0 Å². The van der Waals surface area contributed by atoms with E-state index in [1.165, 1.54) is 37.9 Å². The Labute approximate surface area is 102 Å². The largest absolute Gasteiger partial charge is 0.304 e. The van der Waals surface area contributed by atoms with Crippen molar-refractivity contribution in [3.05, 3.63) is 10.6 Å². The van der Waals surface area contributed by atoms with Gasteiger partial charge < -0.3 is 4.57 Å². The summed E-state index contributed by atoms with van der Waals surface area (Å²) in [6.07, 6.45) is 6.61. The van der Waals surface area contributed by atoms with E-state index in [1.807, 2.05) is 0 Å². The van der Waals surface area contributed by atoms with Gasteiger partial charge in [-0.05, 0) is 31.0 Å². The molecular formula is C12H21N3S. The molecule has 1 aromatic heterocycles. The van der Waals surface area contributed by atoms with Gasteiger partial charge >= 0.3 is 0 Å². The second-order valence-corrected chi connectivity index (χ2v) is 5.61. The predicted octanol–water partition coefficient (Wildman–Crippen LogP) is 3.64. The number of H-pyrrole nitrogens is 1. The minimum atomic E-state index is 0.617. The highest BCUT2D eigenvalue weighted by Gasteiger charge is 2.21. The number of hydrogen-bond acceptors (Lipinski definition) is 2. The minimum absolute atomic E-state index is 0.617. The highest BCUT2D eigenvalue weighted by Crippen LogP contribution is 2.31. The fourth-order valence-electron chi connectivity index (χ4n) is 2.54. The molecule has 1 heterocycles. The smallest absolute Gasteiger partial charge is 0.195 e. The van der Waals surface area contributed by atoms with Crippen molar-refractivity contribution in [2.24, 2.45) is 5.92 Å². The Morgan fingerprint density at radius 3 is 2.69 bits per heavy atom. The van der Waals surface area contributed by atoms with Crippen molar-refractivity contribution < 1.29 is 0 Å². The van der Waals surface area contributed by atoms with Crippen LogP contribution >= 0.6 is 12.2 Å². The van der Waals surface area contributed by atoms with Gasteiger partial charge in [0.05, 0.1) is 0 Å². The number of nitrogens with zero attached hydrogens (tertiary/aromatic N) is 2. The van der Waals surface area contributed by atoms with E-state index in [4.69, 9.17) is 12.2 Å². The number of aromatic amines is 1. The lowest BCUT2D eigenvalue weighted by atomic mass is 9.88. The predicted molar refractivity (Wildman–Crippen MR) is 68.1 cm³/mol. The SMILES string of the molecule is CC(C)Cn1c(C2CCCCC2)n[nH]c1=S. The molecule has 2 rings (SSSR count). The van der Waals surface area contributed by atoms with Crippen LogP contribution < -0.4 is 0 Å². The molecule has 0 aliphatic heterocycles. The van der Waals surface area contributed by atoms with Crippen LogP contribution in [-0.2, 0) is 6.54 Å². The van der Waals surface area contributed by atoms with Crippen molar-refractivity contribution in [1.82, 2.24) is 14.8 Å². The lowest BCUT2D eigenvalue weighted by Crippen LogP contribution is -2.14. The molecule has 4 heteroatoms. The van der Waals surface area contributed by atoms with Gasteiger partial charge in [-0.2, -0.15) is 5.10 Å². The molecule has 90 valence electrons. The quantitative estimate of drug-likeness (QED) is 0.817. The van der Waals surface area contributed by atoms with Gasteiger partial charge in [0.1, 0.15) is 5.82 Å². The van der Waals surface area contributed by atoms with Gasteiger partial charge in [-0.15, -0.1) is 0 Å². The third kappa shape index (κ3) is 2.54. The molecule has 0 radical (unpaired) electrons. The maximum absolute atomic E-state index is 5.31. The topological polar surface area (TPSA) is 33.6 Å². The Hall–Kier alpha value is -0.640. The first-order valence-corrected chi connectivity index (χ1v) is 6.74. The van der Waals surface area contributed by atoms with Crippen LogP contribution in [0, 0.1) is 10.7 Å². The summed E-state index contributed by atoms with van der Waals surface area (Å²) in [5.41, 5.74) is 0. The zero-order chi connectivity index (χ0) is 11.5. The number of rotatable bonds is 3. The third-order valence-electron chi connectivity index (χ3n) is 3.31. The molecule has 1 N–H and O–H groups in total. The summed E-state index contributed by atoms with van der Waals surface area (Å²) in [7, 11) is 0. The molecule has 0 bridgehead atoms. The monoisotopic (exact) mass is 239 g/mol. The summed E-state index contributed by atoms with van der Waals surface area (Å²) in [6, 6.07) is 0. The molecule has 0 amide bonds. The van der Waals surface area contributed by atoms with Crippen molar-refractivity contribution in [3.8, 4) is 0 Å². The van der Waals surface area contributed by atoms with Crippen molar-refractivity contribution in [3.63, 3.8) is 0 Å². The maximum atomic E-state index is 5.31. The third-order valence-corrected chi connectivity index (χ3v) is 3.62. The van der Waals surface area contributed by atoms with E-state index in [-0.39, 0.29) is 0 Å². The van der Waals surface area contributed by atoms with Gasteiger partial charge in [0.2, 0.25) is 0 Å². The average molecular weight is 239 g/mol. The van der Waals surface area contributed by atoms with Crippen LogP contribution in [0.3, 0.4) is 0 Å². The van der Waals surface area contributed by atoms with E-state index in [0.717, 1.165) is 11.3 Å². The summed E-state index contributed by atoms with van der Waals surface area (Å²) in [5.74, 6) is 2.44. The molecule has 1 aliphatic rings. The Balaban J connectivity index is 2.22. The van der Waals surface area contributed by atoms with Crippen molar-refractivity contribution in [2.75, 3.05) is 0 Å². The fourth-order valence-corrected chi connectivity index (χ4v) is 2.76. The maximum Gasteiger partial charge on any atom is 0.195 e. The Bertz CT molecular complexity index is 385. The summed E-state index contributed by atoms with van der Waals surface area (Å²) >= 11 is 5.31. The average Bonchev–Trinajstić information content (AvgIpc) is 2.61.